The number of rotatable bonds is 4. The van der Waals surface area contributed by atoms with Crippen LogP contribution in [0.5, 0.6) is 0 Å². The molecule has 1 amide bonds. The predicted octanol–water partition coefficient (Wildman–Crippen LogP) is 2.06. The zero-order valence-electron chi connectivity index (χ0n) is 9.81. The highest BCUT2D eigenvalue weighted by molar-refractivity contribution is 9.09. The molecule has 0 rings (SSSR count). The summed E-state index contributed by atoms with van der Waals surface area (Å²) in [5.74, 6) is -0.851. The average Bonchev–Trinajstić information content (AvgIpc) is 2.23. The second-order valence-corrected chi connectivity index (χ2v) is 3.59. The van der Waals surface area contributed by atoms with Crippen molar-refractivity contribution in [2.24, 2.45) is 0 Å². The molecule has 0 aliphatic carbocycles. The van der Waals surface area contributed by atoms with Crippen LogP contribution in [0.15, 0.2) is 24.3 Å². The Labute approximate surface area is 105 Å². The Morgan fingerprint density at radius 1 is 1.25 bits per heavy atom. The number of carbonyl (C=O) groups excluding carboxylic acids is 1. The number of carbonyl (C=O) groups is 2. The molecule has 0 aromatic rings. The molecule has 0 heterocycles. The molecule has 0 saturated carbocycles. The van der Waals surface area contributed by atoms with Gasteiger partial charge in [-0.3, -0.25) is 4.79 Å². The summed E-state index contributed by atoms with van der Waals surface area (Å²) < 4.78 is 0. The first-order valence-corrected chi connectivity index (χ1v) is 5.91. The van der Waals surface area contributed by atoms with E-state index in [2.05, 4.69) is 15.9 Å². The van der Waals surface area contributed by atoms with Gasteiger partial charge >= 0.3 is 5.97 Å². The highest BCUT2D eigenvalue weighted by Gasteiger charge is 1.93. The first-order chi connectivity index (χ1) is 7.45. The van der Waals surface area contributed by atoms with Crippen molar-refractivity contribution in [3.05, 3.63) is 24.3 Å². The van der Waals surface area contributed by atoms with Crippen LogP contribution in [0.1, 0.15) is 13.3 Å². The molecule has 0 aromatic heterocycles. The minimum atomic E-state index is -0.903. The number of allylic oxidation sites excluding steroid dienone is 2. The van der Waals surface area contributed by atoms with Crippen LogP contribution in [0.4, 0.5) is 0 Å². The fraction of sp³-hybridized carbons (Fsp3) is 0.455. The molecule has 92 valence electrons. The standard InChI is InChI=1S/C7H13NO.C4H5BrO2/c1-4-5-6-7(9)8(2)3;5-3-1-2-4(6)7/h5-6H,4H2,1-3H3;1-2H,3H2,(H,6,7)/b6-5+;2-1+. The Bertz CT molecular complexity index is 260. The van der Waals surface area contributed by atoms with Gasteiger partial charge in [-0.1, -0.05) is 35.0 Å². The lowest BCUT2D eigenvalue weighted by Gasteiger charge is -2.04. The van der Waals surface area contributed by atoms with E-state index in [1.807, 2.05) is 13.0 Å². The summed E-state index contributed by atoms with van der Waals surface area (Å²) in [6.45, 7) is 2.00. The van der Waals surface area contributed by atoms with Crippen molar-refractivity contribution in [3.8, 4) is 0 Å². The van der Waals surface area contributed by atoms with Crippen LogP contribution in [-0.2, 0) is 9.59 Å². The summed E-state index contributed by atoms with van der Waals surface area (Å²) in [5.41, 5.74) is 0. The maximum absolute atomic E-state index is 10.7. The van der Waals surface area contributed by atoms with Gasteiger partial charge in [-0.25, -0.2) is 4.79 Å². The number of carboxylic acids is 1. The van der Waals surface area contributed by atoms with Gasteiger partial charge in [0.05, 0.1) is 0 Å². The molecule has 0 aliphatic rings. The van der Waals surface area contributed by atoms with E-state index in [1.54, 1.807) is 25.1 Å². The Morgan fingerprint density at radius 3 is 2.06 bits per heavy atom. The summed E-state index contributed by atoms with van der Waals surface area (Å²) in [7, 11) is 3.48. The fourth-order valence-electron chi connectivity index (χ4n) is 0.513. The SMILES string of the molecule is CC/C=C/C(=O)N(C)C.O=C(O)/C=C/CBr. The molecule has 0 saturated heterocycles. The Hall–Kier alpha value is -1.10. The minimum Gasteiger partial charge on any atom is -0.478 e. The Kier molecular flexibility index (Phi) is 12.9. The summed E-state index contributed by atoms with van der Waals surface area (Å²) in [5, 5.41) is 8.53. The van der Waals surface area contributed by atoms with Gasteiger partial charge in [-0.2, -0.15) is 0 Å². The van der Waals surface area contributed by atoms with Crippen LogP contribution in [0.3, 0.4) is 0 Å². The maximum Gasteiger partial charge on any atom is 0.328 e. The molecule has 0 fully saturated rings. The lowest BCUT2D eigenvalue weighted by Crippen LogP contribution is -2.18. The first kappa shape index (κ1) is 17.3. The lowest BCUT2D eigenvalue weighted by molar-refractivity contribution is -0.131. The zero-order chi connectivity index (χ0) is 13.0. The average molecular weight is 292 g/mol. The number of hydrogen-bond donors (Lipinski definition) is 1. The Balaban J connectivity index is 0. The van der Waals surface area contributed by atoms with E-state index in [0.29, 0.717) is 5.33 Å². The van der Waals surface area contributed by atoms with Gasteiger partial charge in [0, 0.05) is 25.5 Å². The number of nitrogens with zero attached hydrogens (tertiary/aromatic N) is 1. The molecular formula is C11H18BrNO3. The van der Waals surface area contributed by atoms with Crippen LogP contribution in [0.2, 0.25) is 0 Å². The Morgan fingerprint density at radius 2 is 1.81 bits per heavy atom. The van der Waals surface area contributed by atoms with Crippen LogP contribution in [0, 0.1) is 0 Å². The zero-order valence-corrected chi connectivity index (χ0v) is 11.4. The van der Waals surface area contributed by atoms with Gasteiger partial charge in [0.1, 0.15) is 0 Å². The van der Waals surface area contributed by atoms with Crippen molar-refractivity contribution in [2.75, 3.05) is 19.4 Å². The molecule has 0 radical (unpaired) electrons. The summed E-state index contributed by atoms with van der Waals surface area (Å²) >= 11 is 3.03. The molecule has 0 aliphatic heterocycles. The molecule has 0 aromatic carbocycles. The van der Waals surface area contributed by atoms with E-state index in [0.717, 1.165) is 12.5 Å². The summed E-state index contributed by atoms with van der Waals surface area (Å²) in [6.07, 6.45) is 6.96. The number of halogens is 1. The monoisotopic (exact) mass is 291 g/mol. The van der Waals surface area contributed by atoms with E-state index in [9.17, 15) is 9.59 Å². The minimum absolute atomic E-state index is 0.0526. The van der Waals surface area contributed by atoms with Crippen molar-refractivity contribution in [1.29, 1.82) is 0 Å². The third-order valence-corrected chi connectivity index (χ3v) is 1.66. The summed E-state index contributed by atoms with van der Waals surface area (Å²) in [4.78, 5) is 21.9. The first-order valence-electron chi connectivity index (χ1n) is 4.78. The molecule has 16 heavy (non-hydrogen) atoms. The van der Waals surface area contributed by atoms with Gasteiger partial charge < -0.3 is 10.0 Å². The third-order valence-electron chi connectivity index (χ3n) is 1.29. The third kappa shape index (κ3) is 15.4. The molecular weight excluding hydrogens is 274 g/mol. The lowest BCUT2D eigenvalue weighted by atomic mass is 10.4. The maximum atomic E-state index is 10.7. The van der Waals surface area contributed by atoms with Crippen LogP contribution in [0.25, 0.3) is 0 Å². The van der Waals surface area contributed by atoms with Crippen molar-refractivity contribution < 1.29 is 14.7 Å². The predicted molar refractivity (Wildman–Crippen MR) is 68.7 cm³/mol. The van der Waals surface area contributed by atoms with Crippen LogP contribution < -0.4 is 0 Å². The van der Waals surface area contributed by atoms with Gasteiger partial charge in [-0.15, -0.1) is 0 Å². The molecule has 0 unspecified atom stereocenters. The molecule has 0 atom stereocenters. The second kappa shape index (κ2) is 12.0. The number of amides is 1. The van der Waals surface area contributed by atoms with E-state index < -0.39 is 5.97 Å². The number of aliphatic carboxylic acids is 1. The van der Waals surface area contributed by atoms with E-state index in [-0.39, 0.29) is 5.91 Å². The quantitative estimate of drug-likeness (QED) is 0.637. The fourth-order valence-corrected chi connectivity index (χ4v) is 0.700. The largest absolute Gasteiger partial charge is 0.478 e. The number of alkyl halides is 1. The van der Waals surface area contributed by atoms with Crippen molar-refractivity contribution in [1.82, 2.24) is 4.90 Å². The number of likely N-dealkylation sites (N-methyl/N-ethyl adjacent to an activating group) is 1. The van der Waals surface area contributed by atoms with Gasteiger partial charge in [-0.05, 0) is 12.5 Å². The highest BCUT2D eigenvalue weighted by Crippen LogP contribution is 1.83. The van der Waals surface area contributed by atoms with Gasteiger partial charge in [0.25, 0.3) is 0 Å². The molecule has 0 bridgehead atoms. The van der Waals surface area contributed by atoms with Crippen molar-refractivity contribution >= 4 is 27.8 Å². The molecule has 4 nitrogen and oxygen atoms in total. The van der Waals surface area contributed by atoms with Crippen molar-refractivity contribution in [2.45, 2.75) is 13.3 Å². The van der Waals surface area contributed by atoms with E-state index in [1.165, 1.54) is 6.08 Å². The number of carboxylic acid groups (broad SMARTS) is 1. The van der Waals surface area contributed by atoms with E-state index >= 15 is 0 Å². The van der Waals surface area contributed by atoms with Crippen molar-refractivity contribution in [3.63, 3.8) is 0 Å². The molecule has 0 spiro atoms. The summed E-state index contributed by atoms with van der Waals surface area (Å²) in [6, 6.07) is 0. The van der Waals surface area contributed by atoms with Crippen LogP contribution >= 0.6 is 15.9 Å². The van der Waals surface area contributed by atoms with Gasteiger partial charge in [0.15, 0.2) is 0 Å². The van der Waals surface area contributed by atoms with E-state index in [4.69, 9.17) is 5.11 Å². The topological polar surface area (TPSA) is 57.6 Å². The second-order valence-electron chi connectivity index (χ2n) is 2.94. The van der Waals surface area contributed by atoms with Gasteiger partial charge in [0.2, 0.25) is 5.91 Å². The normalized spacial score (nSPS) is 10.0. The highest BCUT2D eigenvalue weighted by atomic mass is 79.9. The molecule has 1 N–H and O–H groups in total. The number of hydrogen-bond acceptors (Lipinski definition) is 2. The molecule has 5 heteroatoms. The van der Waals surface area contributed by atoms with Crippen LogP contribution in [-0.4, -0.2) is 41.3 Å². The smallest absolute Gasteiger partial charge is 0.328 e.